The van der Waals surface area contributed by atoms with Gasteiger partial charge in [0.25, 0.3) is 0 Å². The fourth-order valence-corrected chi connectivity index (χ4v) is 3.17. The minimum atomic E-state index is 0. The lowest BCUT2D eigenvalue weighted by molar-refractivity contribution is -0.118. The smallest absolute Gasteiger partial charge is 0.228 e. The number of benzene rings is 1. The summed E-state index contributed by atoms with van der Waals surface area (Å²) in [4.78, 5) is 14.2. The minimum absolute atomic E-state index is 0. The molecule has 2 aliphatic heterocycles. The number of anilines is 1. The molecule has 2 aliphatic rings. The summed E-state index contributed by atoms with van der Waals surface area (Å²) in [6.45, 7) is 1.81. The van der Waals surface area contributed by atoms with Crippen molar-refractivity contribution >= 4 is 35.6 Å². The highest BCUT2D eigenvalue weighted by atomic mass is 35.5. The Labute approximate surface area is 124 Å². The van der Waals surface area contributed by atoms with Gasteiger partial charge in [-0.2, -0.15) is 0 Å². The normalized spacial score (nSPS) is 21.1. The maximum absolute atomic E-state index is 12.3. The van der Waals surface area contributed by atoms with Crippen LogP contribution >= 0.6 is 24.0 Å². The van der Waals surface area contributed by atoms with Crippen molar-refractivity contribution in [2.45, 2.75) is 31.7 Å². The van der Waals surface area contributed by atoms with E-state index in [1.807, 2.05) is 23.1 Å². The molecule has 0 spiro atoms. The number of amides is 1. The number of nitrogens with one attached hydrogen (secondary N) is 1. The van der Waals surface area contributed by atoms with Gasteiger partial charge in [0, 0.05) is 29.7 Å². The topological polar surface area (TPSA) is 32.3 Å². The lowest BCUT2D eigenvalue weighted by Crippen LogP contribution is -2.34. The summed E-state index contributed by atoms with van der Waals surface area (Å²) >= 11 is 6.16. The van der Waals surface area contributed by atoms with E-state index in [0.717, 1.165) is 42.2 Å². The highest BCUT2D eigenvalue weighted by Crippen LogP contribution is 2.33. The quantitative estimate of drug-likeness (QED) is 0.911. The first-order valence-electron chi connectivity index (χ1n) is 6.57. The molecular formula is C14H18Cl2N2O. The molecule has 1 aromatic carbocycles. The van der Waals surface area contributed by atoms with Gasteiger partial charge in [0.15, 0.2) is 0 Å². The summed E-state index contributed by atoms with van der Waals surface area (Å²) in [6, 6.07) is 6.17. The highest BCUT2D eigenvalue weighted by Gasteiger charge is 2.28. The molecule has 1 aromatic rings. The van der Waals surface area contributed by atoms with Gasteiger partial charge >= 0.3 is 0 Å². The number of hydrogen-bond donors (Lipinski definition) is 1. The fourth-order valence-electron chi connectivity index (χ4n) is 2.90. The van der Waals surface area contributed by atoms with Crippen LogP contribution in [0.15, 0.2) is 18.2 Å². The molecule has 0 saturated carbocycles. The Bertz CT molecular complexity index is 473. The number of nitrogens with zero attached hydrogens (tertiary/aromatic N) is 1. The van der Waals surface area contributed by atoms with E-state index in [1.54, 1.807) is 0 Å². The monoisotopic (exact) mass is 300 g/mol. The Hall–Kier alpha value is -0.770. The van der Waals surface area contributed by atoms with Crippen molar-refractivity contribution in [1.29, 1.82) is 0 Å². The maximum Gasteiger partial charge on any atom is 0.228 e. The first kappa shape index (κ1) is 14.6. The SMILES string of the molecule is Cl.O=C(CC1CCCN1)N1CCc2c(Cl)cccc21. The second-order valence-electron chi connectivity index (χ2n) is 5.03. The lowest BCUT2D eigenvalue weighted by atomic mass is 10.1. The predicted molar refractivity (Wildman–Crippen MR) is 80.4 cm³/mol. The van der Waals surface area contributed by atoms with Crippen molar-refractivity contribution in [3.05, 3.63) is 28.8 Å². The summed E-state index contributed by atoms with van der Waals surface area (Å²) in [6.07, 6.45) is 3.77. The second kappa shape index (κ2) is 6.12. The van der Waals surface area contributed by atoms with Crippen molar-refractivity contribution in [2.75, 3.05) is 18.0 Å². The zero-order valence-corrected chi connectivity index (χ0v) is 12.3. The largest absolute Gasteiger partial charge is 0.313 e. The Balaban J connectivity index is 0.00000133. The van der Waals surface area contributed by atoms with E-state index >= 15 is 0 Å². The number of halogens is 2. The van der Waals surface area contributed by atoms with Crippen molar-refractivity contribution in [3.63, 3.8) is 0 Å². The van der Waals surface area contributed by atoms with E-state index < -0.39 is 0 Å². The molecule has 0 aromatic heterocycles. The van der Waals surface area contributed by atoms with Crippen molar-refractivity contribution in [2.24, 2.45) is 0 Å². The Kier molecular flexibility index (Phi) is 4.71. The molecule has 0 radical (unpaired) electrons. The van der Waals surface area contributed by atoms with Gasteiger partial charge in [-0.3, -0.25) is 4.79 Å². The van der Waals surface area contributed by atoms with E-state index in [9.17, 15) is 4.79 Å². The van der Waals surface area contributed by atoms with Gasteiger partial charge in [-0.1, -0.05) is 17.7 Å². The van der Waals surface area contributed by atoms with Gasteiger partial charge in [0.2, 0.25) is 5.91 Å². The standard InChI is InChI=1S/C14H17ClN2O.ClH/c15-12-4-1-5-13-11(12)6-8-17(13)14(18)9-10-3-2-7-16-10;/h1,4-5,10,16H,2-3,6-9H2;1H. The van der Waals surface area contributed by atoms with Crippen LogP contribution < -0.4 is 10.2 Å². The number of hydrogen-bond acceptors (Lipinski definition) is 2. The van der Waals surface area contributed by atoms with Crippen molar-refractivity contribution < 1.29 is 4.79 Å². The summed E-state index contributed by atoms with van der Waals surface area (Å²) in [7, 11) is 0. The summed E-state index contributed by atoms with van der Waals surface area (Å²) < 4.78 is 0. The minimum Gasteiger partial charge on any atom is -0.313 e. The highest BCUT2D eigenvalue weighted by molar-refractivity contribution is 6.32. The number of rotatable bonds is 2. The van der Waals surface area contributed by atoms with Crippen LogP contribution in [-0.4, -0.2) is 25.0 Å². The van der Waals surface area contributed by atoms with Crippen LogP contribution in [-0.2, 0) is 11.2 Å². The summed E-state index contributed by atoms with van der Waals surface area (Å²) in [5.74, 6) is 0.218. The third-order valence-corrected chi connectivity index (χ3v) is 4.21. The molecule has 3 nitrogen and oxygen atoms in total. The average Bonchev–Trinajstić information content (AvgIpc) is 2.98. The van der Waals surface area contributed by atoms with E-state index in [1.165, 1.54) is 6.42 Å². The predicted octanol–water partition coefficient (Wildman–Crippen LogP) is 2.79. The Morgan fingerprint density at radius 1 is 1.47 bits per heavy atom. The van der Waals surface area contributed by atoms with Crippen LogP contribution in [0.2, 0.25) is 5.02 Å². The zero-order chi connectivity index (χ0) is 12.5. The number of carbonyl (C=O) groups excluding carboxylic acids is 1. The molecular weight excluding hydrogens is 283 g/mol. The molecule has 2 heterocycles. The molecule has 1 N–H and O–H groups in total. The van der Waals surface area contributed by atoms with Gasteiger partial charge in [0.05, 0.1) is 0 Å². The van der Waals surface area contributed by atoms with Crippen LogP contribution in [0.25, 0.3) is 0 Å². The van der Waals surface area contributed by atoms with Crippen molar-refractivity contribution in [3.8, 4) is 0 Å². The Morgan fingerprint density at radius 2 is 2.32 bits per heavy atom. The van der Waals surface area contributed by atoms with Gasteiger partial charge in [-0.05, 0) is 43.5 Å². The molecule has 1 fully saturated rings. The van der Waals surface area contributed by atoms with Gasteiger partial charge in [0.1, 0.15) is 0 Å². The third kappa shape index (κ3) is 2.88. The fraction of sp³-hybridized carbons (Fsp3) is 0.500. The molecule has 1 unspecified atom stereocenters. The van der Waals surface area contributed by atoms with Crippen LogP contribution in [0, 0.1) is 0 Å². The first-order valence-corrected chi connectivity index (χ1v) is 6.94. The molecule has 3 rings (SSSR count). The van der Waals surface area contributed by atoms with Crippen LogP contribution in [0.1, 0.15) is 24.8 Å². The molecule has 104 valence electrons. The van der Waals surface area contributed by atoms with E-state index in [2.05, 4.69) is 5.32 Å². The lowest BCUT2D eigenvalue weighted by Gasteiger charge is -2.19. The second-order valence-corrected chi connectivity index (χ2v) is 5.44. The van der Waals surface area contributed by atoms with Gasteiger partial charge in [-0.25, -0.2) is 0 Å². The Morgan fingerprint density at radius 3 is 3.05 bits per heavy atom. The van der Waals surface area contributed by atoms with E-state index in [-0.39, 0.29) is 18.3 Å². The molecule has 0 bridgehead atoms. The summed E-state index contributed by atoms with van der Waals surface area (Å²) in [5, 5.41) is 4.15. The van der Waals surface area contributed by atoms with Gasteiger partial charge in [-0.15, -0.1) is 12.4 Å². The zero-order valence-electron chi connectivity index (χ0n) is 10.7. The number of fused-ring (bicyclic) bond motifs is 1. The van der Waals surface area contributed by atoms with E-state index in [0.29, 0.717) is 12.5 Å². The average molecular weight is 301 g/mol. The first-order chi connectivity index (χ1) is 8.75. The molecule has 5 heteroatoms. The molecule has 1 amide bonds. The van der Waals surface area contributed by atoms with Crippen molar-refractivity contribution in [1.82, 2.24) is 5.32 Å². The van der Waals surface area contributed by atoms with E-state index in [4.69, 9.17) is 11.6 Å². The number of carbonyl (C=O) groups is 1. The van der Waals surface area contributed by atoms with Crippen LogP contribution in [0.4, 0.5) is 5.69 Å². The van der Waals surface area contributed by atoms with Crippen LogP contribution in [0.3, 0.4) is 0 Å². The maximum atomic E-state index is 12.3. The molecule has 19 heavy (non-hydrogen) atoms. The summed E-state index contributed by atoms with van der Waals surface area (Å²) in [5.41, 5.74) is 2.12. The van der Waals surface area contributed by atoms with Gasteiger partial charge < -0.3 is 10.2 Å². The molecule has 0 aliphatic carbocycles. The third-order valence-electron chi connectivity index (χ3n) is 3.85. The van der Waals surface area contributed by atoms with Crippen LogP contribution in [0.5, 0.6) is 0 Å². The molecule has 1 atom stereocenters. The molecule has 1 saturated heterocycles.